The molecule has 1 nitrogen and oxygen atoms in total. The number of hydrogen-bond acceptors (Lipinski definition) is 1. The quantitative estimate of drug-likeness (QED) is 0.662. The average molecular weight is 156 g/mol. The molecule has 1 unspecified atom stereocenters. The summed E-state index contributed by atoms with van der Waals surface area (Å²) in [6, 6.07) is 0. The molecule has 0 amide bonds. The Bertz CT molecular complexity index is 89.5. The SMILES string of the molecule is CC(CO)CCC(F)(F)F. The van der Waals surface area contributed by atoms with Crippen molar-refractivity contribution < 1.29 is 18.3 Å². The summed E-state index contributed by atoms with van der Waals surface area (Å²) < 4.78 is 34.4. The number of alkyl halides is 3. The Labute approximate surface area is 57.9 Å². The van der Waals surface area contributed by atoms with Crippen molar-refractivity contribution in [1.29, 1.82) is 0 Å². The van der Waals surface area contributed by atoms with E-state index >= 15 is 0 Å². The van der Waals surface area contributed by atoms with Crippen LogP contribution < -0.4 is 0 Å². The Morgan fingerprint density at radius 2 is 1.90 bits per heavy atom. The van der Waals surface area contributed by atoms with Crippen LogP contribution in [0.15, 0.2) is 0 Å². The van der Waals surface area contributed by atoms with Crippen LogP contribution in [0.4, 0.5) is 13.2 Å². The molecular weight excluding hydrogens is 145 g/mol. The molecule has 0 aliphatic carbocycles. The summed E-state index contributed by atoms with van der Waals surface area (Å²) in [5, 5.41) is 8.36. The molecule has 4 heteroatoms. The zero-order chi connectivity index (χ0) is 8.20. The van der Waals surface area contributed by atoms with E-state index in [4.69, 9.17) is 5.11 Å². The van der Waals surface area contributed by atoms with Crippen LogP contribution in [0.3, 0.4) is 0 Å². The maximum Gasteiger partial charge on any atom is 0.389 e. The van der Waals surface area contributed by atoms with Gasteiger partial charge in [0.25, 0.3) is 0 Å². The minimum absolute atomic E-state index is 0.0139. The first kappa shape index (κ1) is 9.75. The van der Waals surface area contributed by atoms with Crippen molar-refractivity contribution >= 4 is 0 Å². The zero-order valence-electron chi connectivity index (χ0n) is 5.78. The van der Waals surface area contributed by atoms with Crippen LogP contribution in [0.1, 0.15) is 19.8 Å². The van der Waals surface area contributed by atoms with Gasteiger partial charge in [-0.2, -0.15) is 13.2 Å². The van der Waals surface area contributed by atoms with E-state index in [2.05, 4.69) is 0 Å². The second-order valence-electron chi connectivity index (χ2n) is 2.44. The van der Waals surface area contributed by atoms with Crippen molar-refractivity contribution in [3.05, 3.63) is 0 Å². The van der Waals surface area contributed by atoms with E-state index in [1.165, 1.54) is 0 Å². The summed E-state index contributed by atoms with van der Waals surface area (Å²) in [6.07, 6.45) is -4.86. The van der Waals surface area contributed by atoms with Gasteiger partial charge >= 0.3 is 6.18 Å². The summed E-state index contributed by atoms with van der Waals surface area (Å²) in [5.41, 5.74) is 0. The van der Waals surface area contributed by atoms with Crippen LogP contribution >= 0.6 is 0 Å². The lowest BCUT2D eigenvalue weighted by Crippen LogP contribution is -2.11. The molecule has 62 valence electrons. The first-order valence-electron chi connectivity index (χ1n) is 3.13. The second-order valence-corrected chi connectivity index (χ2v) is 2.44. The smallest absolute Gasteiger partial charge is 0.389 e. The Kier molecular flexibility index (Phi) is 3.71. The number of halogens is 3. The fourth-order valence-electron chi connectivity index (χ4n) is 0.501. The van der Waals surface area contributed by atoms with Gasteiger partial charge in [-0.05, 0) is 12.3 Å². The number of rotatable bonds is 3. The summed E-state index contributed by atoms with van der Waals surface area (Å²) in [5.74, 6) is -0.248. The Balaban J connectivity index is 3.36. The third-order valence-electron chi connectivity index (χ3n) is 1.23. The summed E-state index contributed by atoms with van der Waals surface area (Å²) in [6.45, 7) is 1.42. The topological polar surface area (TPSA) is 20.2 Å². The first-order chi connectivity index (χ1) is 4.45. The number of aliphatic hydroxyl groups is 1. The Hall–Kier alpha value is -0.250. The van der Waals surface area contributed by atoms with Crippen LogP contribution in [0.5, 0.6) is 0 Å². The highest BCUT2D eigenvalue weighted by Crippen LogP contribution is 2.23. The molecule has 0 radical (unpaired) electrons. The molecule has 1 N–H and O–H groups in total. The van der Waals surface area contributed by atoms with E-state index in [0.29, 0.717) is 0 Å². The van der Waals surface area contributed by atoms with Crippen LogP contribution in [-0.4, -0.2) is 17.9 Å². The van der Waals surface area contributed by atoms with Crippen molar-refractivity contribution in [2.45, 2.75) is 25.9 Å². The molecule has 0 fully saturated rings. The van der Waals surface area contributed by atoms with Crippen molar-refractivity contribution in [2.75, 3.05) is 6.61 Å². The number of aliphatic hydroxyl groups excluding tert-OH is 1. The van der Waals surface area contributed by atoms with E-state index < -0.39 is 12.6 Å². The van der Waals surface area contributed by atoms with E-state index in [0.717, 1.165) is 0 Å². The molecule has 1 atom stereocenters. The van der Waals surface area contributed by atoms with Gasteiger partial charge in [-0.15, -0.1) is 0 Å². The van der Waals surface area contributed by atoms with Gasteiger partial charge in [-0.25, -0.2) is 0 Å². The molecule has 0 bridgehead atoms. The summed E-state index contributed by atoms with van der Waals surface area (Å²) in [4.78, 5) is 0. The predicted octanol–water partition coefficient (Wildman–Crippen LogP) is 1.96. The average Bonchev–Trinajstić information content (AvgIpc) is 1.81. The molecule has 0 aliphatic heterocycles. The van der Waals surface area contributed by atoms with Gasteiger partial charge in [0, 0.05) is 13.0 Å². The standard InChI is InChI=1S/C6H11F3O/c1-5(4-10)2-3-6(7,8)9/h5,10H,2-4H2,1H3. The molecule has 0 heterocycles. The van der Waals surface area contributed by atoms with Crippen molar-refractivity contribution in [3.8, 4) is 0 Å². The second kappa shape index (κ2) is 3.81. The van der Waals surface area contributed by atoms with Crippen LogP contribution in [0, 0.1) is 5.92 Å². The highest BCUT2D eigenvalue weighted by molar-refractivity contribution is 4.55. The first-order valence-corrected chi connectivity index (χ1v) is 3.13. The maximum absolute atomic E-state index is 11.5. The lowest BCUT2D eigenvalue weighted by Gasteiger charge is -2.09. The highest BCUT2D eigenvalue weighted by Gasteiger charge is 2.26. The maximum atomic E-state index is 11.5. The van der Waals surface area contributed by atoms with Crippen LogP contribution in [0.2, 0.25) is 0 Å². The molecule has 0 aromatic carbocycles. The molecule has 0 aliphatic rings. The molecule has 10 heavy (non-hydrogen) atoms. The lowest BCUT2D eigenvalue weighted by atomic mass is 10.1. The molecule has 0 spiro atoms. The minimum Gasteiger partial charge on any atom is -0.396 e. The molecule has 0 rings (SSSR count). The van der Waals surface area contributed by atoms with Gasteiger partial charge < -0.3 is 5.11 Å². The minimum atomic E-state index is -4.08. The van der Waals surface area contributed by atoms with Crippen molar-refractivity contribution in [3.63, 3.8) is 0 Å². The zero-order valence-corrected chi connectivity index (χ0v) is 5.78. The molecule has 0 aromatic rings. The summed E-state index contributed by atoms with van der Waals surface area (Å²) in [7, 11) is 0. The monoisotopic (exact) mass is 156 g/mol. The van der Waals surface area contributed by atoms with Crippen LogP contribution in [-0.2, 0) is 0 Å². The largest absolute Gasteiger partial charge is 0.396 e. The number of hydrogen-bond donors (Lipinski definition) is 1. The van der Waals surface area contributed by atoms with Gasteiger partial charge in [0.05, 0.1) is 0 Å². The van der Waals surface area contributed by atoms with Crippen molar-refractivity contribution in [1.82, 2.24) is 0 Å². The van der Waals surface area contributed by atoms with Crippen molar-refractivity contribution in [2.24, 2.45) is 5.92 Å². The normalized spacial score (nSPS) is 15.3. The molecule has 0 saturated heterocycles. The Morgan fingerprint density at radius 3 is 2.20 bits per heavy atom. The molecule has 0 saturated carbocycles. The fourth-order valence-corrected chi connectivity index (χ4v) is 0.501. The summed E-state index contributed by atoms with van der Waals surface area (Å²) >= 11 is 0. The van der Waals surface area contributed by atoms with E-state index in [-0.39, 0.29) is 18.9 Å². The van der Waals surface area contributed by atoms with Gasteiger partial charge in [0.15, 0.2) is 0 Å². The van der Waals surface area contributed by atoms with Crippen LogP contribution in [0.25, 0.3) is 0 Å². The Morgan fingerprint density at radius 1 is 1.40 bits per heavy atom. The lowest BCUT2D eigenvalue weighted by molar-refractivity contribution is -0.137. The third-order valence-corrected chi connectivity index (χ3v) is 1.23. The van der Waals surface area contributed by atoms with Gasteiger partial charge in [0.2, 0.25) is 0 Å². The molecule has 0 aromatic heterocycles. The van der Waals surface area contributed by atoms with E-state index in [9.17, 15) is 13.2 Å². The van der Waals surface area contributed by atoms with Gasteiger partial charge in [-0.3, -0.25) is 0 Å². The van der Waals surface area contributed by atoms with Gasteiger partial charge in [0.1, 0.15) is 0 Å². The highest BCUT2D eigenvalue weighted by atomic mass is 19.4. The predicted molar refractivity (Wildman–Crippen MR) is 31.5 cm³/mol. The van der Waals surface area contributed by atoms with Gasteiger partial charge in [-0.1, -0.05) is 6.92 Å². The molecular formula is C6H11F3O. The van der Waals surface area contributed by atoms with E-state index in [1.807, 2.05) is 0 Å². The third kappa shape index (κ3) is 5.88. The fraction of sp³-hybridized carbons (Fsp3) is 1.00. The van der Waals surface area contributed by atoms with E-state index in [1.54, 1.807) is 6.92 Å².